The van der Waals surface area contributed by atoms with Crippen molar-refractivity contribution >= 4 is 23.8 Å². The van der Waals surface area contributed by atoms with Crippen LogP contribution in [0.3, 0.4) is 0 Å². The summed E-state index contributed by atoms with van der Waals surface area (Å²) in [6, 6.07) is 13.3. The number of hydrogen-bond acceptors (Lipinski definition) is 5. The fourth-order valence-corrected chi connectivity index (χ4v) is 4.07. The lowest BCUT2D eigenvalue weighted by molar-refractivity contribution is 0.415. The summed E-state index contributed by atoms with van der Waals surface area (Å²) < 4.78 is 5.40. The number of rotatable bonds is 5. The minimum atomic E-state index is -0.203. The molecule has 0 aliphatic heterocycles. The van der Waals surface area contributed by atoms with Gasteiger partial charge in [0.2, 0.25) is 0 Å². The fraction of sp³-hybridized carbons (Fsp3) is 0.355. The molecule has 0 aromatic heterocycles. The lowest BCUT2D eigenvalue weighted by Gasteiger charge is -2.22. The number of aryl methyl sites for hydroxylation is 2. The van der Waals surface area contributed by atoms with E-state index in [1.807, 2.05) is 50.2 Å². The first kappa shape index (κ1) is 27.0. The molecule has 0 spiro atoms. The summed E-state index contributed by atoms with van der Waals surface area (Å²) in [6.45, 7) is 16.5. The molecular weight excluding hydrogens is 448 g/mol. The van der Waals surface area contributed by atoms with Gasteiger partial charge in [0, 0.05) is 40.7 Å². The van der Waals surface area contributed by atoms with Crippen molar-refractivity contribution in [1.29, 1.82) is 0 Å². The number of ether oxygens (including phenoxy) is 1. The van der Waals surface area contributed by atoms with Crippen LogP contribution in [0, 0.1) is 13.8 Å². The maximum absolute atomic E-state index is 10.9. The number of phenolic OH excluding ortho intramolecular Hbond substituents is 2. The van der Waals surface area contributed by atoms with E-state index in [1.54, 1.807) is 25.6 Å². The highest BCUT2D eigenvalue weighted by atomic mass is 16.5. The average Bonchev–Trinajstić information content (AvgIpc) is 2.78. The van der Waals surface area contributed by atoms with E-state index in [1.165, 1.54) is 0 Å². The summed E-state index contributed by atoms with van der Waals surface area (Å²) in [7, 11) is 1.60. The smallest absolute Gasteiger partial charge is 0.128 e. The van der Waals surface area contributed by atoms with Gasteiger partial charge in [0.1, 0.15) is 17.2 Å². The molecule has 0 atom stereocenters. The highest BCUT2D eigenvalue weighted by Gasteiger charge is 2.21. The molecule has 190 valence electrons. The van der Waals surface area contributed by atoms with Crippen LogP contribution in [0.5, 0.6) is 17.2 Å². The highest BCUT2D eigenvalue weighted by molar-refractivity contribution is 5.90. The van der Waals surface area contributed by atoms with Crippen molar-refractivity contribution in [2.24, 2.45) is 9.98 Å². The van der Waals surface area contributed by atoms with Gasteiger partial charge in [-0.3, -0.25) is 9.98 Å². The lowest BCUT2D eigenvalue weighted by atomic mass is 9.84. The first-order valence-electron chi connectivity index (χ1n) is 12.1. The van der Waals surface area contributed by atoms with E-state index in [9.17, 15) is 10.2 Å². The van der Waals surface area contributed by atoms with Crippen molar-refractivity contribution in [1.82, 2.24) is 0 Å². The van der Waals surface area contributed by atoms with Gasteiger partial charge < -0.3 is 14.9 Å². The first-order chi connectivity index (χ1) is 16.7. The van der Waals surface area contributed by atoms with Gasteiger partial charge in [-0.15, -0.1) is 0 Å². The van der Waals surface area contributed by atoms with Crippen molar-refractivity contribution in [2.75, 3.05) is 7.11 Å². The Kier molecular flexibility index (Phi) is 7.63. The molecule has 0 saturated carbocycles. The average molecular weight is 487 g/mol. The number of methoxy groups -OCH3 is 1. The Bertz CT molecular complexity index is 1320. The molecule has 0 fully saturated rings. The van der Waals surface area contributed by atoms with Crippen LogP contribution >= 0.6 is 0 Å². The molecule has 3 aromatic carbocycles. The monoisotopic (exact) mass is 486 g/mol. The largest absolute Gasteiger partial charge is 0.507 e. The molecule has 0 unspecified atom stereocenters. The Labute approximate surface area is 215 Å². The third kappa shape index (κ3) is 6.14. The summed E-state index contributed by atoms with van der Waals surface area (Å²) in [4.78, 5) is 9.35. The molecular formula is C31H38N2O3. The van der Waals surface area contributed by atoms with Crippen molar-refractivity contribution in [3.05, 3.63) is 75.8 Å². The number of aromatic hydroxyl groups is 2. The van der Waals surface area contributed by atoms with Crippen molar-refractivity contribution in [2.45, 2.75) is 66.2 Å². The van der Waals surface area contributed by atoms with Gasteiger partial charge in [-0.05, 0) is 60.1 Å². The molecule has 5 nitrogen and oxygen atoms in total. The van der Waals surface area contributed by atoms with Gasteiger partial charge in [0.25, 0.3) is 0 Å². The Morgan fingerprint density at radius 3 is 1.53 bits per heavy atom. The third-order valence-corrected chi connectivity index (χ3v) is 6.05. The minimum Gasteiger partial charge on any atom is -0.507 e. The van der Waals surface area contributed by atoms with Gasteiger partial charge in [0.05, 0.1) is 18.5 Å². The Balaban J connectivity index is 2.07. The zero-order chi connectivity index (χ0) is 26.8. The van der Waals surface area contributed by atoms with Gasteiger partial charge >= 0.3 is 0 Å². The third-order valence-electron chi connectivity index (χ3n) is 6.05. The maximum atomic E-state index is 10.9. The van der Waals surface area contributed by atoms with Crippen molar-refractivity contribution < 1.29 is 14.9 Å². The summed E-state index contributed by atoms with van der Waals surface area (Å²) in [5, 5.41) is 21.8. The molecule has 0 radical (unpaired) electrons. The van der Waals surface area contributed by atoms with Crippen LogP contribution in [-0.2, 0) is 10.8 Å². The summed E-state index contributed by atoms with van der Waals surface area (Å²) in [6.07, 6.45) is 3.33. The van der Waals surface area contributed by atoms with Gasteiger partial charge in [-0.2, -0.15) is 0 Å². The molecule has 3 aromatic rings. The topological polar surface area (TPSA) is 74.4 Å². The number of benzene rings is 3. The van der Waals surface area contributed by atoms with Crippen molar-refractivity contribution in [3.63, 3.8) is 0 Å². The van der Waals surface area contributed by atoms with E-state index >= 15 is 0 Å². The molecule has 3 rings (SSSR count). The van der Waals surface area contributed by atoms with Gasteiger partial charge in [0.15, 0.2) is 0 Å². The zero-order valence-corrected chi connectivity index (χ0v) is 22.9. The molecule has 0 bridgehead atoms. The predicted molar refractivity (Wildman–Crippen MR) is 151 cm³/mol. The second-order valence-corrected chi connectivity index (χ2v) is 11.4. The van der Waals surface area contributed by atoms with Crippen LogP contribution in [-0.4, -0.2) is 29.8 Å². The highest BCUT2D eigenvalue weighted by Crippen LogP contribution is 2.37. The number of phenols is 2. The molecule has 0 heterocycles. The quantitative estimate of drug-likeness (QED) is 0.361. The molecule has 5 heteroatoms. The standard InChI is InChI=1S/C31H38N2O3/c1-19-12-21(28(34)24(14-19)30(3,4)5)17-32-26-11-10-23(36-9)16-27(26)33-18-22-13-20(2)15-25(29(22)35)31(6,7)8/h10-18,34-35H,1-9H3. The van der Waals surface area contributed by atoms with Crippen LogP contribution in [0.1, 0.15) is 74.9 Å². The van der Waals surface area contributed by atoms with E-state index in [0.717, 1.165) is 22.3 Å². The van der Waals surface area contributed by atoms with Crippen LogP contribution in [0.15, 0.2) is 52.4 Å². The molecule has 0 amide bonds. The van der Waals surface area contributed by atoms with E-state index in [4.69, 9.17) is 4.74 Å². The molecule has 2 N–H and O–H groups in total. The first-order valence-corrected chi connectivity index (χ1v) is 12.1. The number of nitrogens with zero attached hydrogens (tertiary/aromatic N) is 2. The number of aliphatic imine (C=N–C) groups is 2. The fourth-order valence-electron chi connectivity index (χ4n) is 4.07. The molecule has 0 aliphatic rings. The van der Waals surface area contributed by atoms with E-state index in [2.05, 4.69) is 51.5 Å². The summed E-state index contributed by atoms with van der Waals surface area (Å²) >= 11 is 0. The lowest BCUT2D eigenvalue weighted by Crippen LogP contribution is -2.12. The van der Waals surface area contributed by atoms with E-state index in [0.29, 0.717) is 28.3 Å². The van der Waals surface area contributed by atoms with Gasteiger partial charge in [-0.25, -0.2) is 0 Å². The Morgan fingerprint density at radius 1 is 0.667 bits per heavy atom. The van der Waals surface area contributed by atoms with Crippen LogP contribution in [0.4, 0.5) is 11.4 Å². The second kappa shape index (κ2) is 10.2. The van der Waals surface area contributed by atoms with E-state index in [-0.39, 0.29) is 22.3 Å². The molecule has 0 saturated heterocycles. The van der Waals surface area contributed by atoms with Gasteiger partial charge in [-0.1, -0.05) is 53.7 Å². The van der Waals surface area contributed by atoms with Crippen LogP contribution in [0.25, 0.3) is 0 Å². The summed E-state index contributed by atoms with van der Waals surface area (Å²) in [5.41, 5.74) is 5.95. The minimum absolute atomic E-state index is 0.198. The van der Waals surface area contributed by atoms with Crippen LogP contribution in [0.2, 0.25) is 0 Å². The normalized spacial score (nSPS) is 12.6. The Morgan fingerprint density at radius 2 is 1.11 bits per heavy atom. The second-order valence-electron chi connectivity index (χ2n) is 11.4. The molecule has 0 aliphatic carbocycles. The number of hydrogen-bond donors (Lipinski definition) is 2. The van der Waals surface area contributed by atoms with Crippen LogP contribution < -0.4 is 4.74 Å². The predicted octanol–water partition coefficient (Wildman–Crippen LogP) is 7.82. The Hall–Kier alpha value is -3.60. The summed E-state index contributed by atoms with van der Waals surface area (Å²) in [5.74, 6) is 1.11. The zero-order valence-electron chi connectivity index (χ0n) is 22.9. The molecule has 36 heavy (non-hydrogen) atoms. The van der Waals surface area contributed by atoms with E-state index < -0.39 is 0 Å². The SMILES string of the molecule is COc1ccc(N=Cc2cc(C)cc(C(C)(C)C)c2O)c(N=Cc2cc(C)cc(C(C)(C)C)c2O)c1. The van der Waals surface area contributed by atoms with Crippen molar-refractivity contribution in [3.8, 4) is 17.2 Å². The maximum Gasteiger partial charge on any atom is 0.128 e.